The smallest absolute Gasteiger partial charge is 0.273 e. The standard InChI is InChI=1S/C11H17N3O4/c1-16-7-9-4-10(14-18-9)11(15)13-5-8-6-17-3-2-12-8/h4,8,12H,2-3,5-7H2,1H3,(H,13,15). The van der Waals surface area contributed by atoms with Gasteiger partial charge in [0.15, 0.2) is 11.5 Å². The molecule has 7 nitrogen and oxygen atoms in total. The van der Waals surface area contributed by atoms with Crippen LogP contribution in [0.25, 0.3) is 0 Å². The van der Waals surface area contributed by atoms with Crippen LogP contribution in [0.15, 0.2) is 10.6 Å². The van der Waals surface area contributed by atoms with E-state index in [1.807, 2.05) is 0 Å². The highest BCUT2D eigenvalue weighted by atomic mass is 16.5. The molecule has 0 spiro atoms. The molecule has 1 saturated heterocycles. The van der Waals surface area contributed by atoms with Gasteiger partial charge in [-0.2, -0.15) is 0 Å². The third-order valence-electron chi connectivity index (χ3n) is 2.59. The number of nitrogens with one attached hydrogen (secondary N) is 2. The Morgan fingerprint density at radius 1 is 1.72 bits per heavy atom. The van der Waals surface area contributed by atoms with Crippen molar-refractivity contribution in [1.29, 1.82) is 0 Å². The fourth-order valence-electron chi connectivity index (χ4n) is 1.69. The van der Waals surface area contributed by atoms with Crippen molar-refractivity contribution < 1.29 is 18.8 Å². The number of rotatable bonds is 5. The molecule has 0 radical (unpaired) electrons. The molecule has 1 aliphatic rings. The topological polar surface area (TPSA) is 85.6 Å². The van der Waals surface area contributed by atoms with E-state index < -0.39 is 0 Å². The summed E-state index contributed by atoms with van der Waals surface area (Å²) < 4.78 is 15.1. The van der Waals surface area contributed by atoms with Crippen LogP contribution in [-0.2, 0) is 16.1 Å². The maximum absolute atomic E-state index is 11.8. The number of carbonyl (C=O) groups is 1. The molecule has 1 fully saturated rings. The van der Waals surface area contributed by atoms with E-state index in [2.05, 4.69) is 15.8 Å². The minimum absolute atomic E-state index is 0.146. The number of hydrogen-bond donors (Lipinski definition) is 2. The minimum Gasteiger partial charge on any atom is -0.378 e. The molecule has 2 N–H and O–H groups in total. The van der Waals surface area contributed by atoms with Crippen molar-refractivity contribution in [3.8, 4) is 0 Å². The van der Waals surface area contributed by atoms with Crippen molar-refractivity contribution in [1.82, 2.24) is 15.8 Å². The predicted molar refractivity (Wildman–Crippen MR) is 62.2 cm³/mol. The molecule has 1 aliphatic heterocycles. The van der Waals surface area contributed by atoms with Crippen LogP contribution in [0.3, 0.4) is 0 Å². The molecule has 1 aromatic heterocycles. The normalized spacial score (nSPS) is 19.7. The Labute approximate surface area is 105 Å². The lowest BCUT2D eigenvalue weighted by atomic mass is 10.2. The van der Waals surface area contributed by atoms with Gasteiger partial charge in [-0.05, 0) is 0 Å². The van der Waals surface area contributed by atoms with Crippen LogP contribution < -0.4 is 10.6 Å². The first kappa shape index (κ1) is 13.0. The third-order valence-corrected chi connectivity index (χ3v) is 2.59. The Kier molecular flexibility index (Phi) is 4.68. The molecule has 7 heteroatoms. The van der Waals surface area contributed by atoms with Crippen molar-refractivity contribution in [2.45, 2.75) is 12.6 Å². The fraction of sp³-hybridized carbons (Fsp3) is 0.636. The SMILES string of the molecule is COCc1cc(C(=O)NCC2COCCN2)no1. The Morgan fingerprint density at radius 3 is 3.33 bits per heavy atom. The molecule has 18 heavy (non-hydrogen) atoms. The number of aromatic nitrogens is 1. The zero-order valence-corrected chi connectivity index (χ0v) is 10.3. The van der Waals surface area contributed by atoms with E-state index in [9.17, 15) is 4.79 Å². The van der Waals surface area contributed by atoms with Crippen LogP contribution in [0.2, 0.25) is 0 Å². The molecule has 1 unspecified atom stereocenters. The molecule has 2 heterocycles. The first-order chi connectivity index (χ1) is 8.79. The Balaban J connectivity index is 1.79. The number of methoxy groups -OCH3 is 1. The highest BCUT2D eigenvalue weighted by Crippen LogP contribution is 2.04. The zero-order chi connectivity index (χ0) is 12.8. The molecule has 1 aromatic rings. The van der Waals surface area contributed by atoms with E-state index in [1.54, 1.807) is 13.2 Å². The third kappa shape index (κ3) is 3.52. The summed E-state index contributed by atoms with van der Waals surface area (Å²) in [5, 5.41) is 9.71. The molecule has 0 saturated carbocycles. The maximum Gasteiger partial charge on any atom is 0.273 e. The van der Waals surface area contributed by atoms with Gasteiger partial charge in [0, 0.05) is 32.3 Å². The second-order valence-corrected chi connectivity index (χ2v) is 4.05. The summed E-state index contributed by atoms with van der Waals surface area (Å²) in [5.74, 6) is 0.273. The average Bonchev–Trinajstić information content (AvgIpc) is 2.86. The Bertz CT molecular complexity index is 387. The Morgan fingerprint density at radius 2 is 2.61 bits per heavy atom. The number of carbonyl (C=O) groups excluding carboxylic acids is 1. The summed E-state index contributed by atoms with van der Waals surface area (Å²) in [6.45, 7) is 2.94. The van der Waals surface area contributed by atoms with Gasteiger partial charge in [-0.3, -0.25) is 4.79 Å². The van der Waals surface area contributed by atoms with Crippen molar-refractivity contribution in [3.05, 3.63) is 17.5 Å². The van der Waals surface area contributed by atoms with Crippen LogP contribution in [0.1, 0.15) is 16.2 Å². The molecule has 0 bridgehead atoms. The van der Waals surface area contributed by atoms with Crippen LogP contribution in [-0.4, -0.2) is 50.5 Å². The van der Waals surface area contributed by atoms with Crippen LogP contribution >= 0.6 is 0 Å². The van der Waals surface area contributed by atoms with Crippen LogP contribution in [0, 0.1) is 0 Å². The van der Waals surface area contributed by atoms with Gasteiger partial charge in [0.05, 0.1) is 13.2 Å². The first-order valence-electron chi connectivity index (χ1n) is 5.83. The molecular formula is C11H17N3O4. The average molecular weight is 255 g/mol. The number of ether oxygens (including phenoxy) is 2. The van der Waals surface area contributed by atoms with Gasteiger partial charge in [0.25, 0.3) is 5.91 Å². The largest absolute Gasteiger partial charge is 0.378 e. The number of amides is 1. The molecule has 0 aromatic carbocycles. The minimum atomic E-state index is -0.256. The van der Waals surface area contributed by atoms with E-state index in [4.69, 9.17) is 14.0 Å². The quantitative estimate of drug-likeness (QED) is 0.740. The van der Waals surface area contributed by atoms with E-state index in [0.29, 0.717) is 32.1 Å². The maximum atomic E-state index is 11.8. The lowest BCUT2D eigenvalue weighted by Crippen LogP contribution is -2.48. The van der Waals surface area contributed by atoms with Crippen LogP contribution in [0.4, 0.5) is 0 Å². The van der Waals surface area contributed by atoms with E-state index in [-0.39, 0.29) is 17.6 Å². The van der Waals surface area contributed by atoms with Gasteiger partial charge in [0.2, 0.25) is 0 Å². The summed E-state index contributed by atoms with van der Waals surface area (Å²) in [4.78, 5) is 11.8. The highest BCUT2D eigenvalue weighted by molar-refractivity contribution is 5.92. The lowest BCUT2D eigenvalue weighted by molar-refractivity contribution is 0.0732. The second kappa shape index (κ2) is 6.48. The summed E-state index contributed by atoms with van der Waals surface area (Å²) in [5.41, 5.74) is 0.263. The number of nitrogens with zero attached hydrogens (tertiary/aromatic N) is 1. The van der Waals surface area contributed by atoms with Gasteiger partial charge in [-0.15, -0.1) is 0 Å². The van der Waals surface area contributed by atoms with Gasteiger partial charge in [0.1, 0.15) is 6.61 Å². The Hall–Kier alpha value is -1.44. The summed E-state index contributed by atoms with van der Waals surface area (Å²) in [6, 6.07) is 1.72. The van der Waals surface area contributed by atoms with E-state index in [1.165, 1.54) is 0 Å². The van der Waals surface area contributed by atoms with Crippen molar-refractivity contribution in [3.63, 3.8) is 0 Å². The molecule has 0 aliphatic carbocycles. The monoisotopic (exact) mass is 255 g/mol. The summed E-state index contributed by atoms with van der Waals surface area (Å²) >= 11 is 0. The van der Waals surface area contributed by atoms with Gasteiger partial charge in [-0.25, -0.2) is 0 Å². The van der Waals surface area contributed by atoms with Crippen LogP contribution in [0.5, 0.6) is 0 Å². The summed E-state index contributed by atoms with van der Waals surface area (Å²) in [7, 11) is 1.55. The van der Waals surface area contributed by atoms with Gasteiger partial charge >= 0.3 is 0 Å². The lowest BCUT2D eigenvalue weighted by Gasteiger charge is -2.23. The fourth-order valence-corrected chi connectivity index (χ4v) is 1.69. The van der Waals surface area contributed by atoms with Crippen molar-refractivity contribution in [2.24, 2.45) is 0 Å². The molecule has 1 amide bonds. The van der Waals surface area contributed by atoms with Crippen molar-refractivity contribution in [2.75, 3.05) is 33.4 Å². The highest BCUT2D eigenvalue weighted by Gasteiger charge is 2.16. The molecule has 100 valence electrons. The van der Waals surface area contributed by atoms with E-state index >= 15 is 0 Å². The molecular weight excluding hydrogens is 238 g/mol. The summed E-state index contributed by atoms with van der Waals surface area (Å²) in [6.07, 6.45) is 0. The first-order valence-corrected chi connectivity index (χ1v) is 5.83. The zero-order valence-electron chi connectivity index (χ0n) is 10.3. The van der Waals surface area contributed by atoms with Gasteiger partial charge < -0.3 is 24.6 Å². The van der Waals surface area contributed by atoms with Crippen molar-refractivity contribution >= 4 is 5.91 Å². The molecule has 2 rings (SSSR count). The predicted octanol–water partition coefficient (Wildman–Crippen LogP) is -0.461. The number of hydrogen-bond acceptors (Lipinski definition) is 6. The van der Waals surface area contributed by atoms with Gasteiger partial charge in [-0.1, -0.05) is 5.16 Å². The van der Waals surface area contributed by atoms with E-state index in [0.717, 1.165) is 6.54 Å². The number of morpholine rings is 1. The second-order valence-electron chi connectivity index (χ2n) is 4.05. The molecule has 1 atom stereocenters.